The second-order valence-corrected chi connectivity index (χ2v) is 9.75. The van der Waals surface area contributed by atoms with Crippen molar-refractivity contribution in [2.24, 2.45) is 0 Å². The van der Waals surface area contributed by atoms with E-state index >= 15 is 0 Å². The van der Waals surface area contributed by atoms with Crippen LogP contribution < -0.4 is 9.64 Å². The average Bonchev–Trinajstić information content (AvgIpc) is 3.17. The van der Waals surface area contributed by atoms with Gasteiger partial charge in [0.2, 0.25) is 15.9 Å². The molecule has 2 aromatic rings. The van der Waals surface area contributed by atoms with Crippen molar-refractivity contribution in [3.8, 4) is 5.75 Å². The Bertz CT molecular complexity index is 1060. The SMILES string of the molecule is O=C1CCc2cc(S(=O)(=O)N3CCC[C@@H](Oc4ccncc4)C3)cc3c2N1CC3. The number of nitrogens with zero attached hydrogens (tertiary/aromatic N) is 3. The smallest absolute Gasteiger partial charge is 0.243 e. The molecule has 3 aliphatic rings. The van der Waals surface area contributed by atoms with Crippen molar-refractivity contribution in [2.45, 2.75) is 43.1 Å². The number of aromatic nitrogens is 1. The Morgan fingerprint density at radius 1 is 1.03 bits per heavy atom. The van der Waals surface area contributed by atoms with E-state index in [1.54, 1.807) is 36.7 Å². The molecule has 1 amide bonds. The number of carbonyl (C=O) groups excluding carboxylic acids is 1. The summed E-state index contributed by atoms with van der Waals surface area (Å²) in [6.07, 6.45) is 6.49. The predicted molar refractivity (Wildman–Crippen MR) is 107 cm³/mol. The topological polar surface area (TPSA) is 79.8 Å². The van der Waals surface area contributed by atoms with E-state index in [0.29, 0.717) is 49.5 Å². The molecule has 3 aliphatic heterocycles. The maximum Gasteiger partial charge on any atom is 0.243 e. The predicted octanol–water partition coefficient (Wildman–Crippen LogP) is 2.15. The van der Waals surface area contributed by atoms with Crippen LogP contribution in [-0.4, -0.2) is 49.4 Å². The molecular formula is C21H23N3O4S. The molecule has 0 unspecified atom stereocenters. The van der Waals surface area contributed by atoms with E-state index in [-0.39, 0.29) is 12.0 Å². The van der Waals surface area contributed by atoms with Gasteiger partial charge in [-0.1, -0.05) is 0 Å². The lowest BCUT2D eigenvalue weighted by Crippen LogP contribution is -2.44. The van der Waals surface area contributed by atoms with Crippen molar-refractivity contribution >= 4 is 21.6 Å². The minimum Gasteiger partial charge on any atom is -0.489 e. The first-order valence-electron chi connectivity index (χ1n) is 10.1. The lowest BCUT2D eigenvalue weighted by Gasteiger charge is -2.32. The van der Waals surface area contributed by atoms with Crippen molar-refractivity contribution in [1.82, 2.24) is 9.29 Å². The molecule has 0 saturated carbocycles. The first kappa shape index (κ1) is 18.6. The molecule has 8 heteroatoms. The standard InChI is InChI=1S/C21H23N3O4S/c25-20-4-3-15-12-19(13-16-7-11-24(20)21(15)16)29(26,27)23-10-1-2-18(14-23)28-17-5-8-22-9-6-17/h5-6,8-9,12-13,18H,1-4,7,10-11,14H2/t18-/m1/s1. The van der Waals surface area contributed by atoms with E-state index in [4.69, 9.17) is 4.74 Å². The van der Waals surface area contributed by atoms with E-state index < -0.39 is 10.0 Å². The molecule has 152 valence electrons. The molecule has 7 nitrogen and oxygen atoms in total. The van der Waals surface area contributed by atoms with Gasteiger partial charge >= 0.3 is 0 Å². The minimum absolute atomic E-state index is 0.138. The average molecular weight is 413 g/mol. The van der Waals surface area contributed by atoms with Crippen LogP contribution in [0.5, 0.6) is 5.75 Å². The summed E-state index contributed by atoms with van der Waals surface area (Å²) in [7, 11) is -3.61. The molecule has 0 spiro atoms. The molecule has 0 aliphatic carbocycles. The number of pyridine rings is 1. The van der Waals surface area contributed by atoms with Crippen LogP contribution in [0.15, 0.2) is 41.6 Å². The van der Waals surface area contributed by atoms with Gasteiger partial charge in [0.1, 0.15) is 11.9 Å². The maximum absolute atomic E-state index is 13.4. The van der Waals surface area contributed by atoms with Gasteiger partial charge in [0.05, 0.1) is 17.1 Å². The Morgan fingerprint density at radius 3 is 2.59 bits per heavy atom. The summed E-state index contributed by atoms with van der Waals surface area (Å²) >= 11 is 0. The first-order chi connectivity index (χ1) is 14.0. The summed E-state index contributed by atoms with van der Waals surface area (Å²) < 4.78 is 34.3. The van der Waals surface area contributed by atoms with Crippen molar-refractivity contribution in [3.05, 3.63) is 47.8 Å². The molecule has 1 aromatic heterocycles. The van der Waals surface area contributed by atoms with Crippen LogP contribution >= 0.6 is 0 Å². The van der Waals surface area contributed by atoms with Crippen LogP contribution in [0.4, 0.5) is 5.69 Å². The van der Waals surface area contributed by atoms with Crippen LogP contribution in [0.25, 0.3) is 0 Å². The van der Waals surface area contributed by atoms with Gasteiger partial charge < -0.3 is 9.64 Å². The zero-order valence-electron chi connectivity index (χ0n) is 16.1. The highest BCUT2D eigenvalue weighted by Crippen LogP contribution is 2.39. The fraction of sp³-hybridized carbons (Fsp3) is 0.429. The molecule has 1 atom stereocenters. The monoisotopic (exact) mass is 413 g/mol. The second kappa shape index (κ2) is 7.11. The quantitative estimate of drug-likeness (QED) is 0.767. The largest absolute Gasteiger partial charge is 0.489 e. The van der Waals surface area contributed by atoms with Crippen LogP contribution in [0.1, 0.15) is 30.4 Å². The summed E-state index contributed by atoms with van der Waals surface area (Å²) in [6, 6.07) is 7.10. The Morgan fingerprint density at radius 2 is 1.79 bits per heavy atom. The number of benzene rings is 1. The number of aryl methyl sites for hydroxylation is 1. The van der Waals surface area contributed by atoms with Crippen molar-refractivity contribution in [3.63, 3.8) is 0 Å². The van der Waals surface area contributed by atoms with Crippen LogP contribution in [0, 0.1) is 0 Å². The van der Waals surface area contributed by atoms with Gasteiger partial charge in [-0.3, -0.25) is 9.78 Å². The number of sulfonamides is 1. The number of ether oxygens (including phenoxy) is 1. The Hall–Kier alpha value is -2.45. The van der Waals surface area contributed by atoms with Gasteiger partial charge in [0, 0.05) is 31.9 Å². The normalized spacial score (nSPS) is 21.9. The molecule has 29 heavy (non-hydrogen) atoms. The molecular weight excluding hydrogens is 390 g/mol. The minimum atomic E-state index is -3.61. The first-order valence-corrected chi connectivity index (χ1v) is 11.5. The number of amides is 1. The Kier molecular flexibility index (Phi) is 4.55. The van der Waals surface area contributed by atoms with Gasteiger partial charge in [-0.05, 0) is 61.1 Å². The number of carbonyl (C=O) groups is 1. The third-order valence-corrected chi connectivity index (χ3v) is 7.80. The highest BCUT2D eigenvalue weighted by Gasteiger charge is 2.36. The molecule has 0 radical (unpaired) electrons. The molecule has 1 fully saturated rings. The van der Waals surface area contributed by atoms with E-state index in [0.717, 1.165) is 29.7 Å². The second-order valence-electron chi connectivity index (χ2n) is 7.81. The molecule has 0 bridgehead atoms. The third-order valence-electron chi connectivity index (χ3n) is 5.96. The van der Waals surface area contributed by atoms with Crippen LogP contribution in [0.2, 0.25) is 0 Å². The Balaban J connectivity index is 1.40. The number of hydrogen-bond acceptors (Lipinski definition) is 5. The van der Waals surface area contributed by atoms with Gasteiger partial charge in [0.25, 0.3) is 0 Å². The summed E-state index contributed by atoms with van der Waals surface area (Å²) in [4.78, 5) is 18.2. The van der Waals surface area contributed by atoms with Crippen LogP contribution in [-0.2, 0) is 27.7 Å². The van der Waals surface area contributed by atoms with Crippen LogP contribution in [0.3, 0.4) is 0 Å². The van der Waals surface area contributed by atoms with Gasteiger partial charge in [-0.2, -0.15) is 4.31 Å². The summed E-state index contributed by atoms with van der Waals surface area (Å²) in [5.74, 6) is 0.843. The zero-order chi connectivity index (χ0) is 20.0. The number of hydrogen-bond donors (Lipinski definition) is 0. The summed E-state index contributed by atoms with van der Waals surface area (Å²) in [5.41, 5.74) is 2.88. The fourth-order valence-electron chi connectivity index (χ4n) is 4.55. The lowest BCUT2D eigenvalue weighted by molar-refractivity contribution is -0.118. The number of piperidine rings is 1. The molecule has 1 saturated heterocycles. The highest BCUT2D eigenvalue weighted by atomic mass is 32.2. The molecule has 1 aromatic carbocycles. The van der Waals surface area contributed by atoms with E-state index in [9.17, 15) is 13.2 Å². The van der Waals surface area contributed by atoms with E-state index in [1.165, 1.54) is 4.31 Å². The molecule has 4 heterocycles. The van der Waals surface area contributed by atoms with Gasteiger partial charge in [-0.25, -0.2) is 8.42 Å². The zero-order valence-corrected chi connectivity index (χ0v) is 16.9. The van der Waals surface area contributed by atoms with Crippen molar-refractivity contribution in [1.29, 1.82) is 0 Å². The number of rotatable bonds is 4. The molecule has 0 N–H and O–H groups in total. The Labute approximate surface area is 170 Å². The fourth-order valence-corrected chi connectivity index (χ4v) is 6.17. The molecule has 5 rings (SSSR count). The van der Waals surface area contributed by atoms with Crippen molar-refractivity contribution in [2.75, 3.05) is 24.5 Å². The lowest BCUT2D eigenvalue weighted by atomic mass is 10.00. The maximum atomic E-state index is 13.4. The summed E-state index contributed by atoms with van der Waals surface area (Å²) in [5, 5.41) is 0. The van der Waals surface area contributed by atoms with Crippen molar-refractivity contribution < 1.29 is 17.9 Å². The highest BCUT2D eigenvalue weighted by molar-refractivity contribution is 7.89. The van der Waals surface area contributed by atoms with E-state index in [1.807, 2.05) is 4.90 Å². The number of anilines is 1. The summed E-state index contributed by atoms with van der Waals surface area (Å²) in [6.45, 7) is 1.48. The third kappa shape index (κ3) is 3.30. The van der Waals surface area contributed by atoms with Gasteiger partial charge in [-0.15, -0.1) is 0 Å². The van der Waals surface area contributed by atoms with Gasteiger partial charge in [0.15, 0.2) is 0 Å². The van der Waals surface area contributed by atoms with E-state index in [2.05, 4.69) is 4.98 Å².